The fourth-order valence-electron chi connectivity index (χ4n) is 3.63. The molecule has 1 aliphatic heterocycles. The molecular formula is C23H28N2O6S. The number of carbonyl (C=O) groups excluding carboxylic acids is 2. The highest BCUT2D eigenvalue weighted by Crippen LogP contribution is 2.29. The van der Waals surface area contributed by atoms with E-state index in [1.807, 2.05) is 26.0 Å². The number of nitrogens with zero attached hydrogens (tertiary/aromatic N) is 1. The third-order valence-electron chi connectivity index (χ3n) is 5.24. The number of rotatable bonds is 7. The van der Waals surface area contributed by atoms with Crippen LogP contribution in [0.4, 0.5) is 5.69 Å². The number of carbonyl (C=O) groups is 2. The maximum absolute atomic E-state index is 13.1. The summed E-state index contributed by atoms with van der Waals surface area (Å²) in [5, 5.41) is 2.91. The van der Waals surface area contributed by atoms with Gasteiger partial charge in [0.1, 0.15) is 5.75 Å². The van der Waals surface area contributed by atoms with Gasteiger partial charge in [-0.1, -0.05) is 24.3 Å². The molecule has 0 aromatic heterocycles. The number of anilines is 1. The van der Waals surface area contributed by atoms with E-state index in [0.717, 1.165) is 0 Å². The molecule has 1 amide bonds. The first-order chi connectivity index (χ1) is 15.2. The van der Waals surface area contributed by atoms with E-state index in [1.165, 1.54) is 23.5 Å². The minimum atomic E-state index is -3.90. The number of methoxy groups -OCH3 is 1. The molecule has 1 fully saturated rings. The first-order valence-electron chi connectivity index (χ1n) is 10.5. The summed E-state index contributed by atoms with van der Waals surface area (Å²) in [6, 6.07) is 13.2. The van der Waals surface area contributed by atoms with Gasteiger partial charge < -0.3 is 14.8 Å². The lowest BCUT2D eigenvalue weighted by Gasteiger charge is -2.31. The Morgan fingerprint density at radius 2 is 1.66 bits per heavy atom. The summed E-state index contributed by atoms with van der Waals surface area (Å²) in [7, 11) is -2.69. The topological polar surface area (TPSA) is 102 Å². The Labute approximate surface area is 188 Å². The molecule has 2 aromatic carbocycles. The fraction of sp³-hybridized carbons (Fsp3) is 0.391. The van der Waals surface area contributed by atoms with Crippen LogP contribution < -0.4 is 10.1 Å². The molecule has 0 aliphatic carbocycles. The fourth-order valence-corrected chi connectivity index (χ4v) is 5.28. The van der Waals surface area contributed by atoms with Crippen LogP contribution in [-0.2, 0) is 19.6 Å². The van der Waals surface area contributed by atoms with Gasteiger partial charge in [-0.3, -0.25) is 4.79 Å². The Morgan fingerprint density at radius 3 is 2.31 bits per heavy atom. The molecule has 0 bridgehead atoms. The van der Waals surface area contributed by atoms with E-state index in [0.29, 0.717) is 24.3 Å². The molecule has 172 valence electrons. The van der Waals surface area contributed by atoms with E-state index in [2.05, 4.69) is 5.32 Å². The first-order valence-corrected chi connectivity index (χ1v) is 11.9. The monoisotopic (exact) mass is 460 g/mol. The largest absolute Gasteiger partial charge is 0.489 e. The van der Waals surface area contributed by atoms with Gasteiger partial charge in [-0.2, -0.15) is 4.31 Å². The molecule has 3 rings (SSSR count). The molecule has 0 radical (unpaired) electrons. The number of esters is 1. The van der Waals surface area contributed by atoms with Gasteiger partial charge in [0.05, 0.1) is 29.4 Å². The molecule has 1 saturated heterocycles. The van der Waals surface area contributed by atoms with Crippen molar-refractivity contribution in [2.45, 2.75) is 37.7 Å². The van der Waals surface area contributed by atoms with E-state index in [9.17, 15) is 18.0 Å². The van der Waals surface area contributed by atoms with Crippen LogP contribution in [0, 0.1) is 5.92 Å². The maximum Gasteiger partial charge on any atom is 0.339 e. The summed E-state index contributed by atoms with van der Waals surface area (Å²) in [5.41, 5.74) is 0.588. The van der Waals surface area contributed by atoms with Crippen LogP contribution in [0.2, 0.25) is 0 Å². The van der Waals surface area contributed by atoms with Crippen LogP contribution in [0.3, 0.4) is 0 Å². The van der Waals surface area contributed by atoms with E-state index < -0.39 is 16.0 Å². The van der Waals surface area contributed by atoms with Gasteiger partial charge >= 0.3 is 5.97 Å². The highest BCUT2D eigenvalue weighted by atomic mass is 32.2. The minimum Gasteiger partial charge on any atom is -0.489 e. The number of benzene rings is 2. The van der Waals surface area contributed by atoms with Gasteiger partial charge in [-0.25, -0.2) is 13.2 Å². The molecule has 8 nitrogen and oxygen atoms in total. The summed E-state index contributed by atoms with van der Waals surface area (Å²) >= 11 is 0. The molecule has 32 heavy (non-hydrogen) atoms. The summed E-state index contributed by atoms with van der Waals surface area (Å²) < 4.78 is 38.1. The molecule has 1 heterocycles. The Bertz CT molecular complexity index is 1080. The molecule has 0 unspecified atom stereocenters. The summed E-state index contributed by atoms with van der Waals surface area (Å²) in [6.07, 6.45) is 0.714. The quantitative estimate of drug-likeness (QED) is 0.636. The number of ether oxygens (including phenoxy) is 2. The molecule has 0 atom stereocenters. The third-order valence-corrected chi connectivity index (χ3v) is 7.20. The zero-order valence-electron chi connectivity index (χ0n) is 18.4. The lowest BCUT2D eigenvalue weighted by molar-refractivity contribution is -0.120. The van der Waals surface area contributed by atoms with Crippen molar-refractivity contribution in [1.29, 1.82) is 0 Å². The zero-order chi connectivity index (χ0) is 23.3. The van der Waals surface area contributed by atoms with Gasteiger partial charge in [0, 0.05) is 19.0 Å². The van der Waals surface area contributed by atoms with Gasteiger partial charge in [0.25, 0.3) is 0 Å². The molecule has 2 aromatic rings. The average Bonchev–Trinajstić information content (AvgIpc) is 2.79. The van der Waals surface area contributed by atoms with Crippen molar-refractivity contribution in [1.82, 2.24) is 4.31 Å². The van der Waals surface area contributed by atoms with E-state index in [1.54, 1.807) is 24.3 Å². The Kier molecular flexibility index (Phi) is 7.52. The molecule has 0 spiro atoms. The van der Waals surface area contributed by atoms with Gasteiger partial charge in [0.2, 0.25) is 15.9 Å². The molecule has 9 heteroatoms. The van der Waals surface area contributed by atoms with Crippen LogP contribution in [0.1, 0.15) is 37.0 Å². The van der Waals surface area contributed by atoms with Gasteiger partial charge in [-0.05, 0) is 51.0 Å². The van der Waals surface area contributed by atoms with Crippen molar-refractivity contribution in [3.05, 3.63) is 54.1 Å². The minimum absolute atomic E-state index is 0.00312. The normalized spacial score (nSPS) is 15.4. The Balaban J connectivity index is 1.68. The lowest BCUT2D eigenvalue weighted by atomic mass is 9.97. The number of hydrogen-bond acceptors (Lipinski definition) is 6. The summed E-state index contributed by atoms with van der Waals surface area (Å²) in [6.45, 7) is 4.18. The predicted molar refractivity (Wildman–Crippen MR) is 120 cm³/mol. The molecule has 0 saturated carbocycles. The average molecular weight is 461 g/mol. The number of piperidine rings is 1. The standard InChI is InChI=1S/C23H28N2O6S/c1-16(2)31-20-10-6-5-9-19(20)24-22(26)17-12-14-25(15-13-17)32(28,29)21-11-7-4-8-18(21)23(27)30-3/h4-11,16-17H,12-15H2,1-3H3,(H,24,26). The first kappa shape index (κ1) is 23.7. The maximum atomic E-state index is 13.1. The SMILES string of the molecule is COC(=O)c1ccccc1S(=O)(=O)N1CCC(C(=O)Nc2ccccc2OC(C)C)CC1. The van der Waals surface area contributed by atoms with Crippen molar-refractivity contribution in [3.63, 3.8) is 0 Å². The van der Waals surface area contributed by atoms with Crippen LogP contribution >= 0.6 is 0 Å². The predicted octanol–water partition coefficient (Wildman–Crippen LogP) is 3.30. The van der Waals surface area contributed by atoms with Crippen molar-refractivity contribution >= 4 is 27.6 Å². The van der Waals surface area contributed by atoms with Gasteiger partial charge in [0.15, 0.2) is 0 Å². The van der Waals surface area contributed by atoms with Crippen molar-refractivity contribution in [2.24, 2.45) is 5.92 Å². The lowest BCUT2D eigenvalue weighted by Crippen LogP contribution is -2.41. The van der Waals surface area contributed by atoms with Crippen LogP contribution in [0.15, 0.2) is 53.4 Å². The smallest absolute Gasteiger partial charge is 0.339 e. The van der Waals surface area contributed by atoms with Crippen molar-refractivity contribution in [2.75, 3.05) is 25.5 Å². The van der Waals surface area contributed by atoms with Crippen molar-refractivity contribution < 1.29 is 27.5 Å². The van der Waals surface area contributed by atoms with Gasteiger partial charge in [-0.15, -0.1) is 0 Å². The van der Waals surface area contributed by atoms with E-state index in [-0.39, 0.29) is 41.5 Å². The molecular weight excluding hydrogens is 432 g/mol. The highest BCUT2D eigenvalue weighted by Gasteiger charge is 2.34. The number of para-hydroxylation sites is 2. The second kappa shape index (κ2) is 10.1. The number of amides is 1. The number of hydrogen-bond donors (Lipinski definition) is 1. The van der Waals surface area contributed by atoms with Crippen molar-refractivity contribution in [3.8, 4) is 5.75 Å². The van der Waals surface area contributed by atoms with E-state index >= 15 is 0 Å². The summed E-state index contributed by atoms with van der Waals surface area (Å²) in [4.78, 5) is 24.7. The third kappa shape index (κ3) is 5.28. The van der Waals surface area contributed by atoms with Crippen LogP contribution in [0.5, 0.6) is 5.75 Å². The summed E-state index contributed by atoms with van der Waals surface area (Å²) in [5.74, 6) is -0.614. The number of nitrogens with one attached hydrogen (secondary N) is 1. The second-order valence-corrected chi connectivity index (χ2v) is 9.72. The number of sulfonamides is 1. The Hall–Kier alpha value is -2.91. The molecule has 1 aliphatic rings. The van der Waals surface area contributed by atoms with E-state index in [4.69, 9.17) is 9.47 Å². The van der Waals surface area contributed by atoms with Crippen LogP contribution in [0.25, 0.3) is 0 Å². The van der Waals surface area contributed by atoms with Crippen LogP contribution in [-0.4, -0.2) is 50.9 Å². The highest BCUT2D eigenvalue weighted by molar-refractivity contribution is 7.89. The second-order valence-electron chi connectivity index (χ2n) is 7.82. The molecule has 1 N–H and O–H groups in total. The zero-order valence-corrected chi connectivity index (χ0v) is 19.2. The Morgan fingerprint density at radius 1 is 1.03 bits per heavy atom.